The first kappa shape index (κ1) is 10.7. The topological polar surface area (TPSA) is 0 Å². The maximum Gasteiger partial charge on any atom is -0.0277 e. The van der Waals surface area contributed by atoms with Gasteiger partial charge < -0.3 is 0 Å². The number of rotatable bonds is 2. The summed E-state index contributed by atoms with van der Waals surface area (Å²) in [5, 5.41) is 0. The van der Waals surface area contributed by atoms with Crippen molar-refractivity contribution in [1.29, 1.82) is 0 Å². The summed E-state index contributed by atoms with van der Waals surface area (Å²) < 4.78 is 0. The highest BCUT2D eigenvalue weighted by molar-refractivity contribution is 5.27. The van der Waals surface area contributed by atoms with Gasteiger partial charge in [0.15, 0.2) is 0 Å². The van der Waals surface area contributed by atoms with Crippen molar-refractivity contribution in [3.63, 3.8) is 0 Å². The zero-order valence-corrected chi connectivity index (χ0v) is 9.84. The third-order valence-corrected chi connectivity index (χ3v) is 3.66. The van der Waals surface area contributed by atoms with Crippen LogP contribution in [-0.2, 0) is 0 Å². The maximum absolute atomic E-state index is 2.36. The summed E-state index contributed by atoms with van der Waals surface area (Å²) in [7, 11) is 0. The van der Waals surface area contributed by atoms with Gasteiger partial charge in [-0.05, 0) is 63.4 Å². The van der Waals surface area contributed by atoms with Crippen LogP contribution in [-0.4, -0.2) is 0 Å². The van der Waals surface area contributed by atoms with E-state index in [9.17, 15) is 0 Å². The second kappa shape index (κ2) is 5.34. The van der Waals surface area contributed by atoms with E-state index in [0.717, 1.165) is 5.92 Å². The average molecular weight is 202 g/mol. The lowest BCUT2D eigenvalue weighted by Gasteiger charge is -2.20. The van der Waals surface area contributed by atoms with Gasteiger partial charge in [-0.25, -0.2) is 0 Å². The molecule has 0 radical (unpaired) electrons. The largest absolute Gasteiger partial charge is 0.0885 e. The molecule has 0 nitrogen and oxygen atoms in total. The molecule has 0 spiro atoms. The highest BCUT2D eigenvalue weighted by Gasteiger charge is 2.12. The van der Waals surface area contributed by atoms with E-state index in [2.05, 4.69) is 31.2 Å². The third-order valence-electron chi connectivity index (χ3n) is 3.66. The molecule has 0 heteroatoms. The Labute approximate surface area is 93.8 Å². The summed E-state index contributed by atoms with van der Waals surface area (Å²) in [5.41, 5.74) is 3.27. The fourth-order valence-corrected chi connectivity index (χ4v) is 2.68. The van der Waals surface area contributed by atoms with Gasteiger partial charge >= 0.3 is 0 Å². The summed E-state index contributed by atoms with van der Waals surface area (Å²) in [4.78, 5) is 0. The van der Waals surface area contributed by atoms with Gasteiger partial charge in [-0.15, -0.1) is 0 Å². The molecule has 0 bridgehead atoms. The van der Waals surface area contributed by atoms with Crippen molar-refractivity contribution >= 4 is 0 Å². The Hall–Kier alpha value is -0.780. The number of allylic oxidation sites excluding steroid dienone is 6. The third kappa shape index (κ3) is 3.09. The minimum absolute atomic E-state index is 0.915. The lowest BCUT2D eigenvalue weighted by Crippen LogP contribution is -2.04. The Morgan fingerprint density at radius 2 is 2.20 bits per heavy atom. The van der Waals surface area contributed by atoms with Crippen LogP contribution < -0.4 is 0 Å². The molecule has 0 amide bonds. The van der Waals surface area contributed by atoms with Crippen molar-refractivity contribution in [1.82, 2.24) is 0 Å². The minimum atomic E-state index is 0.915. The Kier molecular flexibility index (Phi) is 3.82. The molecule has 82 valence electrons. The van der Waals surface area contributed by atoms with Gasteiger partial charge in [0, 0.05) is 0 Å². The maximum atomic E-state index is 2.36. The van der Waals surface area contributed by atoms with Crippen LogP contribution in [0.3, 0.4) is 0 Å². The van der Waals surface area contributed by atoms with Crippen LogP contribution >= 0.6 is 0 Å². The van der Waals surface area contributed by atoms with Crippen molar-refractivity contribution in [3.8, 4) is 0 Å². The molecule has 0 aliphatic heterocycles. The number of hydrogen-bond donors (Lipinski definition) is 0. The van der Waals surface area contributed by atoms with Gasteiger partial charge in [0.25, 0.3) is 0 Å². The van der Waals surface area contributed by atoms with Crippen LogP contribution in [0, 0.1) is 5.92 Å². The van der Waals surface area contributed by atoms with E-state index in [-0.39, 0.29) is 0 Å². The Bertz CT molecular complexity index is 291. The van der Waals surface area contributed by atoms with Crippen molar-refractivity contribution < 1.29 is 0 Å². The van der Waals surface area contributed by atoms with E-state index >= 15 is 0 Å². The van der Waals surface area contributed by atoms with Crippen molar-refractivity contribution in [3.05, 3.63) is 35.5 Å². The zero-order valence-electron chi connectivity index (χ0n) is 9.84. The summed E-state index contributed by atoms with van der Waals surface area (Å²) in [5.74, 6) is 0.915. The molecule has 0 saturated heterocycles. The molecule has 0 N–H and O–H groups in total. The van der Waals surface area contributed by atoms with E-state index in [1.165, 1.54) is 44.9 Å². The molecule has 2 aliphatic carbocycles. The van der Waals surface area contributed by atoms with Crippen LogP contribution in [0.2, 0.25) is 0 Å². The van der Waals surface area contributed by atoms with Crippen molar-refractivity contribution in [2.45, 2.75) is 51.9 Å². The van der Waals surface area contributed by atoms with E-state index in [4.69, 9.17) is 0 Å². The lowest BCUT2D eigenvalue weighted by molar-refractivity contribution is 0.473. The van der Waals surface area contributed by atoms with Crippen molar-refractivity contribution in [2.75, 3.05) is 0 Å². The summed E-state index contributed by atoms with van der Waals surface area (Å²) in [6.07, 6.45) is 18.6. The molecule has 0 saturated carbocycles. The lowest BCUT2D eigenvalue weighted by atomic mass is 9.86. The number of hydrogen-bond acceptors (Lipinski definition) is 0. The second-order valence-corrected chi connectivity index (χ2v) is 4.95. The predicted octanol–water partition coefficient (Wildman–Crippen LogP) is 4.79. The highest BCUT2D eigenvalue weighted by Crippen LogP contribution is 2.29. The molecule has 2 aliphatic rings. The first-order valence-corrected chi connectivity index (χ1v) is 6.36. The van der Waals surface area contributed by atoms with E-state index < -0.39 is 0 Å². The van der Waals surface area contributed by atoms with Crippen LogP contribution in [0.1, 0.15) is 51.9 Å². The van der Waals surface area contributed by atoms with Gasteiger partial charge in [-0.2, -0.15) is 0 Å². The molecule has 0 aromatic heterocycles. The monoisotopic (exact) mass is 202 g/mol. The van der Waals surface area contributed by atoms with Crippen molar-refractivity contribution in [2.24, 2.45) is 5.92 Å². The fraction of sp³-hybridized carbons (Fsp3) is 0.600. The molecule has 15 heavy (non-hydrogen) atoms. The Morgan fingerprint density at radius 3 is 2.87 bits per heavy atom. The van der Waals surface area contributed by atoms with Crippen LogP contribution in [0.25, 0.3) is 0 Å². The van der Waals surface area contributed by atoms with E-state index in [0.29, 0.717) is 0 Å². The summed E-state index contributed by atoms with van der Waals surface area (Å²) in [6.45, 7) is 2.34. The van der Waals surface area contributed by atoms with Crippen LogP contribution in [0.4, 0.5) is 0 Å². The predicted molar refractivity (Wildman–Crippen MR) is 66.8 cm³/mol. The van der Waals surface area contributed by atoms with Gasteiger partial charge in [0.2, 0.25) is 0 Å². The van der Waals surface area contributed by atoms with Gasteiger partial charge in [-0.1, -0.05) is 29.9 Å². The smallest absolute Gasteiger partial charge is 0.0277 e. The first-order chi connectivity index (χ1) is 7.36. The SMILES string of the molecule is C/C(CC1CC=CCC1)=C1/C=CCCC1. The molecular formula is C15H22. The summed E-state index contributed by atoms with van der Waals surface area (Å²) >= 11 is 0. The van der Waals surface area contributed by atoms with Crippen LogP contribution in [0.5, 0.6) is 0 Å². The van der Waals surface area contributed by atoms with E-state index in [1.54, 1.807) is 11.1 Å². The molecule has 0 aromatic carbocycles. The standard InChI is InChI=1S/C15H22/c1-13(15-10-6-3-7-11-15)12-14-8-4-2-5-9-14/h2,4,6,10,14H,3,5,7-9,11-12H2,1H3/b15-13+. The molecule has 2 rings (SSSR count). The normalized spacial score (nSPS) is 29.3. The van der Waals surface area contributed by atoms with E-state index in [1.807, 2.05) is 0 Å². The first-order valence-electron chi connectivity index (χ1n) is 6.36. The van der Waals surface area contributed by atoms with Gasteiger partial charge in [-0.3, -0.25) is 0 Å². The van der Waals surface area contributed by atoms with Gasteiger partial charge in [0.05, 0.1) is 0 Å². The minimum Gasteiger partial charge on any atom is -0.0885 e. The molecule has 0 fully saturated rings. The molecule has 0 heterocycles. The van der Waals surface area contributed by atoms with Gasteiger partial charge in [0.1, 0.15) is 0 Å². The summed E-state index contributed by atoms with van der Waals surface area (Å²) in [6, 6.07) is 0. The fourth-order valence-electron chi connectivity index (χ4n) is 2.68. The van der Waals surface area contributed by atoms with Crippen LogP contribution in [0.15, 0.2) is 35.5 Å². The molecule has 0 aromatic rings. The molecular weight excluding hydrogens is 180 g/mol. The molecule has 1 unspecified atom stereocenters. The molecule has 1 atom stereocenters. The average Bonchev–Trinajstić information content (AvgIpc) is 2.31. The Balaban J connectivity index is 1.95. The second-order valence-electron chi connectivity index (χ2n) is 4.95. The zero-order chi connectivity index (χ0) is 10.5. The quantitative estimate of drug-likeness (QED) is 0.565. The highest BCUT2D eigenvalue weighted by atomic mass is 14.2. The Morgan fingerprint density at radius 1 is 1.27 bits per heavy atom.